The number of alkyl halides is 4. The molecule has 0 amide bonds. The Morgan fingerprint density at radius 1 is 1.27 bits per heavy atom. The first-order valence-corrected chi connectivity index (χ1v) is 8.61. The molecule has 88 valence electrons. The van der Waals surface area contributed by atoms with Crippen LogP contribution in [0.3, 0.4) is 0 Å². The van der Waals surface area contributed by atoms with E-state index in [0.29, 0.717) is 5.92 Å². The molecule has 0 aromatic rings. The molecule has 0 rings (SSSR count). The number of hydrogen-bond donors (Lipinski definition) is 0. The van der Waals surface area contributed by atoms with E-state index in [2.05, 4.69) is 88.9 Å². The topological polar surface area (TPSA) is 0 Å². The molecule has 0 saturated carbocycles. The highest BCUT2D eigenvalue weighted by molar-refractivity contribution is 9.25. The Kier molecular flexibility index (Phi) is 9.28. The van der Waals surface area contributed by atoms with E-state index in [1.807, 2.05) is 6.92 Å². The van der Waals surface area contributed by atoms with Gasteiger partial charge in [0.2, 0.25) is 0 Å². The Bertz CT molecular complexity index is 225. The summed E-state index contributed by atoms with van der Waals surface area (Å²) in [5, 5.41) is 1.85. The predicted octanol–water partition coefficient (Wildman–Crippen LogP) is 5.79. The van der Waals surface area contributed by atoms with Crippen LogP contribution >= 0.6 is 63.7 Å². The lowest BCUT2D eigenvalue weighted by Crippen LogP contribution is -2.19. The van der Waals surface area contributed by atoms with Gasteiger partial charge in [0.15, 0.2) is 0 Å². The molecule has 0 aliphatic heterocycles. The smallest absolute Gasteiger partial charge is 0.0899 e. The summed E-state index contributed by atoms with van der Waals surface area (Å²) in [6.45, 7) is 4.24. The van der Waals surface area contributed by atoms with Gasteiger partial charge in [0.1, 0.15) is 0 Å². The van der Waals surface area contributed by atoms with E-state index in [0.717, 1.165) is 17.1 Å². The van der Waals surface area contributed by atoms with E-state index < -0.39 is 0 Å². The van der Waals surface area contributed by atoms with E-state index in [9.17, 15) is 0 Å². The fourth-order valence-corrected chi connectivity index (χ4v) is 3.06. The third kappa shape index (κ3) is 6.64. The molecule has 0 aromatic heterocycles. The zero-order valence-corrected chi connectivity index (χ0v) is 15.3. The second-order valence-electron chi connectivity index (χ2n) is 3.41. The van der Waals surface area contributed by atoms with E-state index in [-0.39, 0.29) is 3.23 Å². The maximum Gasteiger partial charge on any atom is 0.0899 e. The van der Waals surface area contributed by atoms with Crippen molar-refractivity contribution in [1.29, 1.82) is 0 Å². The van der Waals surface area contributed by atoms with Gasteiger partial charge < -0.3 is 0 Å². The van der Waals surface area contributed by atoms with E-state index in [1.165, 1.54) is 5.57 Å². The van der Waals surface area contributed by atoms with Crippen LogP contribution in [0.25, 0.3) is 0 Å². The highest BCUT2D eigenvalue weighted by Gasteiger charge is 2.27. The Morgan fingerprint density at radius 3 is 2.20 bits per heavy atom. The average molecular weight is 468 g/mol. The second-order valence-corrected chi connectivity index (χ2v) is 8.43. The molecule has 1 unspecified atom stereocenters. The summed E-state index contributed by atoms with van der Waals surface area (Å²) in [5.74, 6) is 0.450. The minimum atomic E-state index is -0.0396. The normalized spacial score (nSPS) is 14.3. The van der Waals surface area contributed by atoms with Crippen LogP contribution in [0.15, 0.2) is 23.8 Å². The molecule has 0 aliphatic carbocycles. The Hall–Kier alpha value is 1.40. The third-order valence-corrected chi connectivity index (χ3v) is 5.69. The van der Waals surface area contributed by atoms with Crippen molar-refractivity contribution in [3.05, 3.63) is 23.8 Å². The average Bonchev–Trinajstić information content (AvgIpc) is 2.19. The van der Waals surface area contributed by atoms with Crippen molar-refractivity contribution in [2.75, 3.05) is 10.7 Å². The monoisotopic (exact) mass is 464 g/mol. The molecular weight excluding hydrogens is 452 g/mol. The predicted molar refractivity (Wildman–Crippen MR) is 84.9 cm³/mol. The summed E-state index contributed by atoms with van der Waals surface area (Å²) in [6.07, 6.45) is 7.50. The van der Waals surface area contributed by atoms with Gasteiger partial charge in [-0.05, 0) is 19.3 Å². The molecule has 0 aliphatic rings. The molecular formula is C11H16Br4. The van der Waals surface area contributed by atoms with Crippen molar-refractivity contribution in [3.63, 3.8) is 0 Å². The number of halogens is 4. The van der Waals surface area contributed by atoms with Crippen molar-refractivity contribution in [3.8, 4) is 0 Å². The first-order valence-electron chi connectivity index (χ1n) is 4.78. The Labute approximate surface area is 126 Å². The lowest BCUT2D eigenvalue weighted by Gasteiger charge is -2.24. The molecule has 0 bridgehead atoms. The lowest BCUT2D eigenvalue weighted by atomic mass is 10.0. The minimum Gasteiger partial charge on any atom is -0.0913 e. The summed E-state index contributed by atoms with van der Waals surface area (Å²) < 4.78 is -0.0396. The second kappa shape index (κ2) is 8.48. The van der Waals surface area contributed by atoms with E-state index >= 15 is 0 Å². The van der Waals surface area contributed by atoms with Crippen molar-refractivity contribution in [2.24, 2.45) is 5.92 Å². The third-order valence-electron chi connectivity index (χ3n) is 2.15. The molecule has 0 nitrogen and oxygen atoms in total. The molecule has 0 saturated heterocycles. The van der Waals surface area contributed by atoms with Gasteiger partial charge in [-0.2, -0.15) is 0 Å². The van der Waals surface area contributed by atoms with Crippen LogP contribution in [0.5, 0.6) is 0 Å². The molecule has 4 heteroatoms. The fraction of sp³-hybridized carbons (Fsp3) is 0.636. The SMILES string of the molecule is CC=CC(C)C(Br)(Br)CC=C(CBr)CBr. The van der Waals surface area contributed by atoms with Gasteiger partial charge in [-0.15, -0.1) is 0 Å². The van der Waals surface area contributed by atoms with Crippen LogP contribution < -0.4 is 0 Å². The Morgan fingerprint density at radius 2 is 1.80 bits per heavy atom. The molecule has 0 heterocycles. The molecule has 0 radical (unpaired) electrons. The standard InChI is InChI=1S/C11H16Br4/c1-3-4-9(2)11(14,15)6-5-10(7-12)8-13/h3-5,9H,6-8H2,1-2H3. The fourth-order valence-electron chi connectivity index (χ4n) is 1.04. The van der Waals surface area contributed by atoms with Crippen molar-refractivity contribution >= 4 is 63.7 Å². The van der Waals surface area contributed by atoms with Crippen LogP contribution in [-0.4, -0.2) is 13.9 Å². The zero-order chi connectivity index (χ0) is 11.9. The quantitative estimate of drug-likeness (QED) is 0.342. The molecule has 0 N–H and O–H groups in total. The molecule has 15 heavy (non-hydrogen) atoms. The molecule has 1 atom stereocenters. The van der Waals surface area contributed by atoms with Crippen molar-refractivity contribution < 1.29 is 0 Å². The van der Waals surface area contributed by atoms with Crippen LogP contribution in [-0.2, 0) is 0 Å². The maximum atomic E-state index is 3.73. The van der Waals surface area contributed by atoms with Gasteiger partial charge in [-0.25, -0.2) is 0 Å². The number of hydrogen-bond acceptors (Lipinski definition) is 0. The number of rotatable bonds is 6. The zero-order valence-electron chi connectivity index (χ0n) is 8.94. The Balaban J connectivity index is 4.42. The van der Waals surface area contributed by atoms with Crippen LogP contribution in [0.4, 0.5) is 0 Å². The largest absolute Gasteiger partial charge is 0.0913 e. The summed E-state index contributed by atoms with van der Waals surface area (Å²) in [4.78, 5) is 0. The van der Waals surface area contributed by atoms with Gasteiger partial charge in [-0.3, -0.25) is 0 Å². The van der Waals surface area contributed by atoms with Gasteiger partial charge in [0, 0.05) is 10.7 Å². The first-order chi connectivity index (χ1) is 6.97. The highest BCUT2D eigenvalue weighted by atomic mass is 79.9. The summed E-state index contributed by atoms with van der Waals surface area (Å²) >= 11 is 14.4. The first kappa shape index (κ1) is 16.4. The summed E-state index contributed by atoms with van der Waals surface area (Å²) in [7, 11) is 0. The molecule has 0 spiro atoms. The summed E-state index contributed by atoms with van der Waals surface area (Å²) in [5.41, 5.74) is 1.37. The molecule has 0 aromatic carbocycles. The van der Waals surface area contributed by atoms with Crippen LogP contribution in [0, 0.1) is 5.92 Å². The maximum absolute atomic E-state index is 3.73. The molecule has 0 fully saturated rings. The lowest BCUT2D eigenvalue weighted by molar-refractivity contribution is 0.652. The number of allylic oxidation sites excluding steroid dienone is 4. The van der Waals surface area contributed by atoms with Crippen molar-refractivity contribution in [2.45, 2.75) is 23.5 Å². The van der Waals surface area contributed by atoms with Crippen LogP contribution in [0.1, 0.15) is 20.3 Å². The highest BCUT2D eigenvalue weighted by Crippen LogP contribution is 2.39. The van der Waals surface area contributed by atoms with Gasteiger partial charge in [0.05, 0.1) is 3.23 Å². The van der Waals surface area contributed by atoms with E-state index in [1.54, 1.807) is 0 Å². The van der Waals surface area contributed by atoms with Gasteiger partial charge >= 0.3 is 0 Å². The van der Waals surface area contributed by atoms with Crippen LogP contribution in [0.2, 0.25) is 0 Å². The van der Waals surface area contributed by atoms with Gasteiger partial charge in [-0.1, -0.05) is 94.4 Å². The van der Waals surface area contributed by atoms with Gasteiger partial charge in [0.25, 0.3) is 0 Å². The van der Waals surface area contributed by atoms with Crippen molar-refractivity contribution in [1.82, 2.24) is 0 Å². The summed E-state index contributed by atoms with van der Waals surface area (Å²) in [6, 6.07) is 0. The minimum absolute atomic E-state index is 0.0396. The van der Waals surface area contributed by atoms with E-state index in [4.69, 9.17) is 0 Å².